The number of anilines is 1. The molecular weight excluding hydrogens is 394 g/mol. The van der Waals surface area contributed by atoms with E-state index in [1.54, 1.807) is 39.0 Å². The van der Waals surface area contributed by atoms with Gasteiger partial charge in [-0.2, -0.15) is 0 Å². The fourth-order valence-corrected chi connectivity index (χ4v) is 2.90. The third-order valence-corrected chi connectivity index (χ3v) is 4.22. The van der Waals surface area contributed by atoms with Gasteiger partial charge in [-0.15, -0.1) is 0 Å². The van der Waals surface area contributed by atoms with Crippen molar-refractivity contribution in [3.05, 3.63) is 18.2 Å². The Morgan fingerprint density at radius 2 is 1.87 bits per heavy atom. The Morgan fingerprint density at radius 1 is 1.17 bits per heavy atom. The molecule has 2 N–H and O–H groups in total. The second kappa shape index (κ2) is 9.47. The summed E-state index contributed by atoms with van der Waals surface area (Å²) in [6, 6.07) is 4.31. The lowest BCUT2D eigenvalue weighted by Crippen LogP contribution is -2.49. The number of ether oxygens (including phenoxy) is 3. The van der Waals surface area contributed by atoms with E-state index in [4.69, 9.17) is 14.2 Å². The zero-order chi connectivity index (χ0) is 22.5. The van der Waals surface area contributed by atoms with E-state index in [0.29, 0.717) is 17.2 Å². The number of carbonyl (C=O) groups excluding carboxylic acids is 4. The maximum absolute atomic E-state index is 12.4. The lowest BCUT2D eigenvalue weighted by Gasteiger charge is -2.20. The molecule has 1 aliphatic rings. The zero-order valence-corrected chi connectivity index (χ0v) is 17.7. The molecule has 0 unspecified atom stereocenters. The first-order valence-corrected chi connectivity index (χ1v) is 9.35. The standard InChI is InChI=1S/C20H27N3O7/c1-20(2,3)22-19(27)21-16(24)11-30-18(26)12-8-17(25)23(10-12)14-7-6-13(28-4)9-15(14)29-5/h6-7,9,12H,8,10-11H2,1-5H3,(H2,21,22,24,27)/t12-/m1/s1. The van der Waals surface area contributed by atoms with Gasteiger partial charge in [0.25, 0.3) is 5.91 Å². The van der Waals surface area contributed by atoms with E-state index in [1.165, 1.54) is 19.1 Å². The van der Waals surface area contributed by atoms with Crippen molar-refractivity contribution in [3.63, 3.8) is 0 Å². The summed E-state index contributed by atoms with van der Waals surface area (Å²) in [5.74, 6) is -1.46. The first-order chi connectivity index (χ1) is 14.0. The van der Waals surface area contributed by atoms with Gasteiger partial charge in [-0.05, 0) is 32.9 Å². The van der Waals surface area contributed by atoms with Crippen molar-refractivity contribution in [1.29, 1.82) is 0 Å². The molecule has 0 saturated carbocycles. The Labute approximate surface area is 174 Å². The molecule has 0 spiro atoms. The van der Waals surface area contributed by atoms with Crippen LogP contribution in [0.1, 0.15) is 27.2 Å². The Morgan fingerprint density at radius 3 is 2.47 bits per heavy atom. The molecule has 0 radical (unpaired) electrons. The normalized spacial score (nSPS) is 16.1. The van der Waals surface area contributed by atoms with Gasteiger partial charge in [0.05, 0.1) is 25.8 Å². The highest BCUT2D eigenvalue weighted by Crippen LogP contribution is 2.35. The number of carbonyl (C=O) groups is 4. The molecule has 1 atom stereocenters. The van der Waals surface area contributed by atoms with Crippen LogP contribution in [0.4, 0.5) is 10.5 Å². The van der Waals surface area contributed by atoms with Crippen LogP contribution < -0.4 is 25.0 Å². The number of rotatable bonds is 6. The van der Waals surface area contributed by atoms with Crippen LogP contribution in [0.25, 0.3) is 0 Å². The van der Waals surface area contributed by atoms with E-state index in [1.807, 2.05) is 0 Å². The van der Waals surface area contributed by atoms with Crippen LogP contribution in [-0.4, -0.2) is 56.7 Å². The van der Waals surface area contributed by atoms with Crippen molar-refractivity contribution in [2.45, 2.75) is 32.7 Å². The van der Waals surface area contributed by atoms with Crippen LogP contribution in [0, 0.1) is 5.92 Å². The summed E-state index contributed by atoms with van der Waals surface area (Å²) in [7, 11) is 2.99. The van der Waals surface area contributed by atoms with Crippen LogP contribution in [0.2, 0.25) is 0 Å². The van der Waals surface area contributed by atoms with Crippen LogP contribution in [-0.2, 0) is 19.1 Å². The topological polar surface area (TPSA) is 123 Å². The summed E-state index contributed by atoms with van der Waals surface area (Å²) in [5.41, 5.74) is -0.00721. The summed E-state index contributed by atoms with van der Waals surface area (Å²) in [4.78, 5) is 49.6. The van der Waals surface area contributed by atoms with E-state index >= 15 is 0 Å². The molecule has 2 rings (SSSR count). The lowest BCUT2D eigenvalue weighted by molar-refractivity contribution is -0.152. The van der Waals surface area contributed by atoms with Crippen LogP contribution in [0.3, 0.4) is 0 Å². The molecule has 1 aliphatic heterocycles. The van der Waals surface area contributed by atoms with E-state index < -0.39 is 36.0 Å². The van der Waals surface area contributed by atoms with Crippen LogP contribution in [0.15, 0.2) is 18.2 Å². The van der Waals surface area contributed by atoms with Gasteiger partial charge < -0.3 is 24.4 Å². The minimum absolute atomic E-state index is 0.0554. The molecule has 1 heterocycles. The Hall–Kier alpha value is -3.30. The average Bonchev–Trinajstić information content (AvgIpc) is 3.05. The van der Waals surface area contributed by atoms with Crippen molar-refractivity contribution in [2.24, 2.45) is 5.92 Å². The van der Waals surface area contributed by atoms with E-state index in [9.17, 15) is 19.2 Å². The number of urea groups is 1. The number of esters is 1. The number of hydrogen-bond acceptors (Lipinski definition) is 7. The van der Waals surface area contributed by atoms with Crippen molar-refractivity contribution >= 4 is 29.5 Å². The maximum Gasteiger partial charge on any atom is 0.321 e. The van der Waals surface area contributed by atoms with Crippen molar-refractivity contribution in [3.8, 4) is 11.5 Å². The maximum atomic E-state index is 12.4. The number of nitrogens with zero attached hydrogens (tertiary/aromatic N) is 1. The van der Waals surface area contributed by atoms with Crippen molar-refractivity contribution in [2.75, 3.05) is 32.3 Å². The molecule has 0 aliphatic carbocycles. The van der Waals surface area contributed by atoms with E-state index in [2.05, 4.69) is 10.6 Å². The number of imide groups is 1. The molecule has 10 heteroatoms. The average molecular weight is 421 g/mol. The summed E-state index contributed by atoms with van der Waals surface area (Å²) >= 11 is 0. The molecule has 164 valence electrons. The third-order valence-electron chi connectivity index (χ3n) is 4.22. The Bertz CT molecular complexity index is 832. The van der Waals surface area contributed by atoms with Gasteiger partial charge in [0.2, 0.25) is 5.91 Å². The van der Waals surface area contributed by atoms with Gasteiger partial charge in [0.1, 0.15) is 11.5 Å². The minimum Gasteiger partial charge on any atom is -0.497 e. The zero-order valence-electron chi connectivity index (χ0n) is 17.7. The molecule has 10 nitrogen and oxygen atoms in total. The van der Waals surface area contributed by atoms with Gasteiger partial charge in [-0.1, -0.05) is 0 Å². The molecule has 1 fully saturated rings. The number of amides is 4. The van der Waals surface area contributed by atoms with E-state index in [0.717, 1.165) is 0 Å². The first kappa shape index (κ1) is 23.0. The Balaban J connectivity index is 1.93. The van der Waals surface area contributed by atoms with Gasteiger partial charge >= 0.3 is 12.0 Å². The highest BCUT2D eigenvalue weighted by atomic mass is 16.5. The smallest absolute Gasteiger partial charge is 0.321 e. The van der Waals surface area contributed by atoms with Crippen molar-refractivity contribution < 1.29 is 33.4 Å². The minimum atomic E-state index is -0.761. The molecule has 0 bridgehead atoms. The van der Waals surface area contributed by atoms with Gasteiger partial charge in [-0.25, -0.2) is 4.79 Å². The van der Waals surface area contributed by atoms with Crippen molar-refractivity contribution in [1.82, 2.24) is 10.6 Å². The summed E-state index contributed by atoms with van der Waals surface area (Å²) in [6.45, 7) is 4.76. The van der Waals surface area contributed by atoms with Gasteiger partial charge in [-0.3, -0.25) is 19.7 Å². The number of hydrogen-bond donors (Lipinski definition) is 2. The monoisotopic (exact) mass is 421 g/mol. The SMILES string of the molecule is COc1ccc(N2C[C@H](C(=O)OCC(=O)NC(=O)NC(C)(C)C)CC2=O)c(OC)c1. The molecule has 0 aromatic heterocycles. The third kappa shape index (κ3) is 6.10. The second-order valence-electron chi connectivity index (χ2n) is 7.80. The highest BCUT2D eigenvalue weighted by Gasteiger charge is 2.37. The molecular formula is C20H27N3O7. The van der Waals surface area contributed by atoms with E-state index in [-0.39, 0.29) is 18.9 Å². The summed E-state index contributed by atoms with van der Waals surface area (Å²) in [5, 5.41) is 4.64. The number of methoxy groups -OCH3 is 2. The highest BCUT2D eigenvalue weighted by molar-refractivity contribution is 6.01. The summed E-state index contributed by atoms with van der Waals surface area (Å²) in [6.07, 6.45) is -0.0554. The lowest BCUT2D eigenvalue weighted by atomic mass is 10.1. The predicted octanol–water partition coefficient (Wildman–Crippen LogP) is 1.22. The first-order valence-electron chi connectivity index (χ1n) is 9.35. The second-order valence-corrected chi connectivity index (χ2v) is 7.80. The summed E-state index contributed by atoms with van der Waals surface area (Å²) < 4.78 is 15.4. The fraction of sp³-hybridized carbons (Fsp3) is 0.500. The fourth-order valence-electron chi connectivity index (χ4n) is 2.90. The predicted molar refractivity (Wildman–Crippen MR) is 107 cm³/mol. The Kier molecular flexibility index (Phi) is 7.25. The van der Waals surface area contributed by atoms with Gasteiger partial charge in [0.15, 0.2) is 6.61 Å². The molecule has 1 aromatic carbocycles. The number of nitrogens with one attached hydrogen (secondary N) is 2. The molecule has 30 heavy (non-hydrogen) atoms. The molecule has 4 amide bonds. The van der Waals surface area contributed by atoms with Crippen LogP contribution in [0.5, 0.6) is 11.5 Å². The molecule has 1 aromatic rings. The van der Waals surface area contributed by atoms with Gasteiger partial charge in [0, 0.05) is 24.6 Å². The van der Waals surface area contributed by atoms with Crippen LogP contribution >= 0.6 is 0 Å². The quantitative estimate of drug-likeness (QED) is 0.662. The largest absolute Gasteiger partial charge is 0.497 e. The molecule has 1 saturated heterocycles. The number of benzene rings is 1.